The molecule has 0 spiro atoms. The van der Waals surface area contributed by atoms with Crippen molar-refractivity contribution in [2.75, 3.05) is 7.11 Å². The van der Waals surface area contributed by atoms with E-state index in [1.54, 1.807) is 13.3 Å². The highest BCUT2D eigenvalue weighted by Crippen LogP contribution is 2.31. The third-order valence-corrected chi connectivity index (χ3v) is 3.13. The Balaban J connectivity index is 2.22. The first kappa shape index (κ1) is 12.9. The molecule has 0 saturated carbocycles. The van der Waals surface area contributed by atoms with E-state index in [1.807, 2.05) is 37.3 Å². The Labute approximate surface area is 115 Å². The van der Waals surface area contributed by atoms with E-state index in [0.717, 1.165) is 16.5 Å². The molecule has 0 atom stereocenters. The fraction of sp³-hybridized carbons (Fsp3) is 0.214. The van der Waals surface area contributed by atoms with Crippen molar-refractivity contribution in [3.8, 4) is 17.4 Å². The lowest BCUT2D eigenvalue weighted by molar-refractivity contribution is 0.374. The minimum absolute atomic E-state index is 0.557. The van der Waals surface area contributed by atoms with Gasteiger partial charge in [0.1, 0.15) is 0 Å². The first-order valence-corrected chi connectivity index (χ1v) is 6.68. The second-order valence-electron chi connectivity index (χ2n) is 3.89. The monoisotopic (exact) mass is 307 g/mol. The number of aromatic nitrogens is 1. The van der Waals surface area contributed by atoms with Gasteiger partial charge in [0, 0.05) is 17.6 Å². The van der Waals surface area contributed by atoms with Crippen molar-refractivity contribution in [1.82, 2.24) is 4.98 Å². The van der Waals surface area contributed by atoms with Crippen molar-refractivity contribution in [1.29, 1.82) is 0 Å². The Hall–Kier alpha value is -1.55. The van der Waals surface area contributed by atoms with E-state index < -0.39 is 0 Å². The van der Waals surface area contributed by atoms with E-state index >= 15 is 0 Å². The topological polar surface area (TPSA) is 31.4 Å². The molecule has 1 aromatic carbocycles. The zero-order chi connectivity index (χ0) is 13.0. The zero-order valence-corrected chi connectivity index (χ0v) is 11.9. The van der Waals surface area contributed by atoms with Crippen LogP contribution in [-0.4, -0.2) is 12.1 Å². The van der Waals surface area contributed by atoms with Gasteiger partial charge in [-0.25, -0.2) is 4.98 Å². The molecule has 0 fully saturated rings. The van der Waals surface area contributed by atoms with E-state index in [0.29, 0.717) is 17.4 Å². The Morgan fingerprint density at radius 2 is 2.00 bits per heavy atom. The molecular weight excluding hydrogens is 294 g/mol. The number of ether oxygens (including phenoxy) is 2. The van der Waals surface area contributed by atoms with Crippen LogP contribution in [0.4, 0.5) is 0 Å². The van der Waals surface area contributed by atoms with Crippen molar-refractivity contribution in [2.24, 2.45) is 0 Å². The SMILES string of the molecule is COc1cc(C)ccc1Oc1ccc(CBr)cn1. The molecule has 1 aromatic heterocycles. The molecule has 0 unspecified atom stereocenters. The predicted molar refractivity (Wildman–Crippen MR) is 74.7 cm³/mol. The van der Waals surface area contributed by atoms with Crippen LogP contribution in [0.2, 0.25) is 0 Å². The highest BCUT2D eigenvalue weighted by atomic mass is 79.9. The molecule has 4 heteroatoms. The lowest BCUT2D eigenvalue weighted by Crippen LogP contribution is -1.93. The Morgan fingerprint density at radius 1 is 1.17 bits per heavy atom. The van der Waals surface area contributed by atoms with Crippen LogP contribution in [0.15, 0.2) is 36.5 Å². The van der Waals surface area contributed by atoms with Crippen LogP contribution in [0, 0.1) is 6.92 Å². The van der Waals surface area contributed by atoms with Crippen LogP contribution in [0.3, 0.4) is 0 Å². The molecule has 3 nitrogen and oxygen atoms in total. The van der Waals surface area contributed by atoms with E-state index in [1.165, 1.54) is 0 Å². The first-order chi connectivity index (χ1) is 8.72. The summed E-state index contributed by atoms with van der Waals surface area (Å²) in [7, 11) is 1.63. The number of nitrogens with zero attached hydrogens (tertiary/aromatic N) is 1. The Kier molecular flexibility index (Phi) is 4.20. The molecule has 0 bridgehead atoms. The number of benzene rings is 1. The molecule has 0 aliphatic heterocycles. The summed E-state index contributed by atoms with van der Waals surface area (Å²) < 4.78 is 11.0. The molecule has 2 rings (SSSR count). The third-order valence-electron chi connectivity index (χ3n) is 2.49. The van der Waals surface area contributed by atoms with Crippen molar-refractivity contribution in [3.63, 3.8) is 0 Å². The number of alkyl halides is 1. The number of rotatable bonds is 4. The van der Waals surface area contributed by atoms with Gasteiger partial charge in [0.25, 0.3) is 0 Å². The summed E-state index contributed by atoms with van der Waals surface area (Å²) in [5.41, 5.74) is 2.24. The summed E-state index contributed by atoms with van der Waals surface area (Å²) in [5, 5.41) is 0.786. The highest BCUT2D eigenvalue weighted by Gasteiger charge is 2.06. The maximum Gasteiger partial charge on any atom is 0.219 e. The van der Waals surface area contributed by atoms with Gasteiger partial charge in [0.2, 0.25) is 5.88 Å². The van der Waals surface area contributed by atoms with Gasteiger partial charge in [0.15, 0.2) is 11.5 Å². The second kappa shape index (κ2) is 5.87. The number of pyridine rings is 1. The minimum Gasteiger partial charge on any atom is -0.493 e. The average molecular weight is 308 g/mol. The lowest BCUT2D eigenvalue weighted by atomic mass is 10.2. The van der Waals surface area contributed by atoms with Gasteiger partial charge in [-0.3, -0.25) is 0 Å². The molecule has 0 radical (unpaired) electrons. The Morgan fingerprint density at radius 3 is 2.61 bits per heavy atom. The van der Waals surface area contributed by atoms with Crippen LogP contribution in [0.1, 0.15) is 11.1 Å². The van der Waals surface area contributed by atoms with Crippen molar-refractivity contribution in [3.05, 3.63) is 47.7 Å². The molecule has 0 amide bonds. The molecule has 94 valence electrons. The highest BCUT2D eigenvalue weighted by molar-refractivity contribution is 9.08. The first-order valence-electron chi connectivity index (χ1n) is 5.56. The van der Waals surface area contributed by atoms with Crippen LogP contribution in [0.25, 0.3) is 0 Å². The molecule has 2 aromatic rings. The second-order valence-corrected chi connectivity index (χ2v) is 4.46. The molecule has 0 N–H and O–H groups in total. The number of methoxy groups -OCH3 is 1. The molecule has 0 aliphatic carbocycles. The number of halogens is 1. The van der Waals surface area contributed by atoms with Crippen molar-refractivity contribution >= 4 is 15.9 Å². The van der Waals surface area contributed by atoms with Gasteiger partial charge in [-0.15, -0.1) is 0 Å². The summed E-state index contributed by atoms with van der Waals surface area (Å²) in [6.45, 7) is 2.01. The quantitative estimate of drug-likeness (QED) is 0.797. The summed E-state index contributed by atoms with van der Waals surface area (Å²) in [5.74, 6) is 1.94. The van der Waals surface area contributed by atoms with E-state index in [4.69, 9.17) is 9.47 Å². The fourth-order valence-corrected chi connectivity index (χ4v) is 1.85. The van der Waals surface area contributed by atoms with E-state index in [-0.39, 0.29) is 0 Å². The van der Waals surface area contributed by atoms with E-state index in [2.05, 4.69) is 20.9 Å². The van der Waals surface area contributed by atoms with Crippen LogP contribution < -0.4 is 9.47 Å². The smallest absolute Gasteiger partial charge is 0.219 e. The standard InChI is InChI=1S/C14H14BrNO2/c1-10-3-5-12(13(7-10)17-2)18-14-6-4-11(8-15)9-16-14/h3-7,9H,8H2,1-2H3. The molecule has 0 aliphatic rings. The lowest BCUT2D eigenvalue weighted by Gasteiger charge is -2.10. The van der Waals surface area contributed by atoms with Gasteiger partial charge in [-0.1, -0.05) is 28.1 Å². The van der Waals surface area contributed by atoms with Gasteiger partial charge in [0.05, 0.1) is 7.11 Å². The number of hydrogen-bond donors (Lipinski definition) is 0. The maximum atomic E-state index is 5.70. The van der Waals surface area contributed by atoms with Gasteiger partial charge in [-0.05, 0) is 30.2 Å². The summed E-state index contributed by atoms with van der Waals surface area (Å²) in [6, 6.07) is 9.61. The normalized spacial score (nSPS) is 10.2. The van der Waals surface area contributed by atoms with Gasteiger partial charge < -0.3 is 9.47 Å². The largest absolute Gasteiger partial charge is 0.493 e. The Bertz CT molecular complexity index is 526. The average Bonchev–Trinajstić information content (AvgIpc) is 2.41. The van der Waals surface area contributed by atoms with Crippen LogP contribution >= 0.6 is 15.9 Å². The zero-order valence-electron chi connectivity index (χ0n) is 10.3. The molecule has 18 heavy (non-hydrogen) atoms. The summed E-state index contributed by atoms with van der Waals surface area (Å²) in [6.07, 6.45) is 1.78. The van der Waals surface area contributed by atoms with Gasteiger partial charge >= 0.3 is 0 Å². The van der Waals surface area contributed by atoms with Gasteiger partial charge in [-0.2, -0.15) is 0 Å². The number of hydrogen-bond acceptors (Lipinski definition) is 3. The fourth-order valence-electron chi connectivity index (χ4n) is 1.52. The maximum absolute atomic E-state index is 5.70. The summed E-state index contributed by atoms with van der Waals surface area (Å²) in [4.78, 5) is 4.23. The van der Waals surface area contributed by atoms with Crippen molar-refractivity contribution < 1.29 is 9.47 Å². The minimum atomic E-state index is 0.557. The van der Waals surface area contributed by atoms with Crippen LogP contribution in [-0.2, 0) is 5.33 Å². The van der Waals surface area contributed by atoms with E-state index in [9.17, 15) is 0 Å². The van der Waals surface area contributed by atoms with Crippen molar-refractivity contribution in [2.45, 2.75) is 12.3 Å². The molecular formula is C14H14BrNO2. The van der Waals surface area contributed by atoms with Crippen LogP contribution in [0.5, 0.6) is 17.4 Å². The summed E-state index contributed by atoms with van der Waals surface area (Å²) >= 11 is 3.38. The molecule has 0 saturated heterocycles. The predicted octanol–water partition coefficient (Wildman–Crippen LogP) is 4.09. The number of aryl methyl sites for hydroxylation is 1. The third kappa shape index (κ3) is 3.01. The molecule has 1 heterocycles.